The number of anilines is 1. The molecule has 0 aromatic carbocycles. The summed E-state index contributed by atoms with van der Waals surface area (Å²) in [4.78, 5) is 24.6. The average Bonchev–Trinajstić information content (AvgIpc) is 3.32. The number of nitrogens with zero attached hydrogens (tertiary/aromatic N) is 3. The van der Waals surface area contributed by atoms with E-state index in [2.05, 4.69) is 60.4 Å². The van der Waals surface area contributed by atoms with Gasteiger partial charge in [-0.3, -0.25) is 14.8 Å². The second-order valence-corrected chi connectivity index (χ2v) is 10.0. The minimum absolute atomic E-state index is 0.00268. The van der Waals surface area contributed by atoms with E-state index < -0.39 is 5.60 Å². The molecular formula is C27H34N4O3. The van der Waals surface area contributed by atoms with E-state index >= 15 is 0 Å². The predicted octanol–water partition coefficient (Wildman–Crippen LogP) is 4.61. The van der Waals surface area contributed by atoms with Crippen LogP contribution in [0.2, 0.25) is 0 Å². The third kappa shape index (κ3) is 4.23. The first-order chi connectivity index (χ1) is 16.4. The van der Waals surface area contributed by atoms with Gasteiger partial charge in [-0.25, -0.2) is 0 Å². The van der Waals surface area contributed by atoms with Gasteiger partial charge in [-0.15, -0.1) is 0 Å². The fourth-order valence-electron chi connectivity index (χ4n) is 5.34. The molecule has 1 aromatic heterocycles. The van der Waals surface area contributed by atoms with Crippen molar-refractivity contribution in [2.24, 2.45) is 4.99 Å². The monoisotopic (exact) mass is 462 g/mol. The van der Waals surface area contributed by atoms with Crippen LogP contribution in [0.3, 0.4) is 0 Å². The van der Waals surface area contributed by atoms with Crippen molar-refractivity contribution in [2.45, 2.75) is 90.0 Å². The summed E-state index contributed by atoms with van der Waals surface area (Å²) < 4.78 is 12.5. The molecule has 1 saturated carbocycles. The third-order valence-corrected chi connectivity index (χ3v) is 6.99. The standard InChI is InChI=1S/C27H34N4O3/c1-5-10-28-22(11-17(2)3)24-8-9-25-31(24)26(32)27(34-25)13-21(14-27)33-16-20-12-19-7-6-18(4)30-23(19)15-29-20/h5-7,10-12,15,18,21,24-25,30H,8-9,13-14,16H2,1-4H3/b10-5-,28-22?. The molecule has 2 saturated heterocycles. The molecule has 5 rings (SSSR count). The molecule has 4 heterocycles. The largest absolute Gasteiger partial charge is 0.377 e. The maximum Gasteiger partial charge on any atom is 0.257 e. The molecule has 7 nitrogen and oxygen atoms in total. The quantitative estimate of drug-likeness (QED) is 0.625. The summed E-state index contributed by atoms with van der Waals surface area (Å²) in [7, 11) is 0. The molecule has 7 heteroatoms. The van der Waals surface area contributed by atoms with Gasteiger partial charge >= 0.3 is 0 Å². The third-order valence-electron chi connectivity index (χ3n) is 6.99. The first-order valence-electron chi connectivity index (χ1n) is 12.3. The van der Waals surface area contributed by atoms with Crippen LogP contribution in [0.15, 0.2) is 47.3 Å². The molecule has 0 bridgehead atoms. The summed E-state index contributed by atoms with van der Waals surface area (Å²) in [6.45, 7) is 8.60. The number of hydrogen-bond donors (Lipinski definition) is 1. The molecule has 4 aliphatic rings. The van der Waals surface area contributed by atoms with Crippen molar-refractivity contribution < 1.29 is 14.3 Å². The minimum atomic E-state index is -0.739. The van der Waals surface area contributed by atoms with Gasteiger partial charge in [0, 0.05) is 30.6 Å². The predicted molar refractivity (Wildman–Crippen MR) is 133 cm³/mol. The van der Waals surface area contributed by atoms with Crippen LogP contribution in [0.4, 0.5) is 5.69 Å². The highest BCUT2D eigenvalue weighted by molar-refractivity contribution is 6.03. The SMILES string of the molecule is C/C=C\N=C(C=C(C)C)C1CCC2OC3(CC(OCc4cc5c(cn4)NC(C)C=C5)C3)C(=O)N21. The summed E-state index contributed by atoms with van der Waals surface area (Å²) in [6, 6.07) is 2.34. The second kappa shape index (κ2) is 9.12. The van der Waals surface area contributed by atoms with Crippen LogP contribution >= 0.6 is 0 Å². The number of pyridine rings is 1. The van der Waals surface area contributed by atoms with E-state index in [1.165, 1.54) is 5.57 Å². The first-order valence-corrected chi connectivity index (χ1v) is 12.3. The second-order valence-electron chi connectivity index (χ2n) is 10.0. The molecule has 3 aliphatic heterocycles. The van der Waals surface area contributed by atoms with Crippen molar-refractivity contribution in [1.82, 2.24) is 9.88 Å². The Morgan fingerprint density at radius 2 is 2.21 bits per heavy atom. The zero-order valence-corrected chi connectivity index (χ0v) is 20.5. The Hall–Kier alpha value is -2.77. The fraction of sp³-hybridized carbons (Fsp3) is 0.519. The zero-order valence-electron chi connectivity index (χ0n) is 20.5. The molecule has 1 amide bonds. The van der Waals surface area contributed by atoms with Gasteiger partial charge in [0.15, 0.2) is 5.60 Å². The Morgan fingerprint density at radius 1 is 1.38 bits per heavy atom. The van der Waals surface area contributed by atoms with Crippen molar-refractivity contribution in [2.75, 3.05) is 5.32 Å². The summed E-state index contributed by atoms with van der Waals surface area (Å²) in [5, 5.41) is 3.40. The van der Waals surface area contributed by atoms with Crippen LogP contribution < -0.4 is 5.32 Å². The van der Waals surface area contributed by atoms with Crippen LogP contribution in [0, 0.1) is 0 Å². The minimum Gasteiger partial charge on any atom is -0.377 e. The molecule has 1 aromatic rings. The van der Waals surface area contributed by atoms with E-state index in [-0.39, 0.29) is 24.3 Å². The smallest absolute Gasteiger partial charge is 0.257 e. The number of allylic oxidation sites excluding steroid dienone is 2. The van der Waals surface area contributed by atoms with Crippen LogP contribution in [0.5, 0.6) is 0 Å². The lowest BCUT2D eigenvalue weighted by atomic mass is 9.76. The van der Waals surface area contributed by atoms with Gasteiger partial charge in [0.2, 0.25) is 0 Å². The highest BCUT2D eigenvalue weighted by Crippen LogP contribution is 2.49. The van der Waals surface area contributed by atoms with Gasteiger partial charge in [-0.05, 0) is 52.7 Å². The lowest BCUT2D eigenvalue weighted by Gasteiger charge is -2.42. The van der Waals surface area contributed by atoms with E-state index in [1.54, 1.807) is 6.20 Å². The van der Waals surface area contributed by atoms with Gasteiger partial charge < -0.3 is 19.7 Å². The summed E-state index contributed by atoms with van der Waals surface area (Å²) >= 11 is 0. The Balaban J connectivity index is 1.21. The number of hydrogen-bond acceptors (Lipinski definition) is 6. The van der Waals surface area contributed by atoms with Crippen LogP contribution in [-0.4, -0.2) is 51.5 Å². The molecule has 1 N–H and O–H groups in total. The van der Waals surface area contributed by atoms with Gasteiger partial charge in [-0.1, -0.05) is 23.8 Å². The van der Waals surface area contributed by atoms with Crippen molar-refractivity contribution in [3.63, 3.8) is 0 Å². The van der Waals surface area contributed by atoms with Crippen molar-refractivity contribution >= 4 is 23.4 Å². The molecule has 3 fully saturated rings. The number of rotatable bonds is 6. The van der Waals surface area contributed by atoms with Crippen molar-refractivity contribution in [3.8, 4) is 0 Å². The number of aliphatic imine (C=N–C) groups is 1. The van der Waals surface area contributed by atoms with Gasteiger partial charge in [0.1, 0.15) is 6.23 Å². The fourth-order valence-corrected chi connectivity index (χ4v) is 5.34. The van der Waals surface area contributed by atoms with Gasteiger partial charge in [0.05, 0.1) is 42.0 Å². The van der Waals surface area contributed by atoms with E-state index in [1.807, 2.05) is 24.1 Å². The Labute approximate surface area is 201 Å². The maximum absolute atomic E-state index is 13.5. The molecule has 3 atom stereocenters. The summed E-state index contributed by atoms with van der Waals surface area (Å²) in [5.74, 6) is 0.0902. The normalized spacial score (nSPS) is 32.1. The van der Waals surface area contributed by atoms with Crippen LogP contribution in [0.1, 0.15) is 64.6 Å². The van der Waals surface area contributed by atoms with Crippen molar-refractivity contribution in [3.05, 3.63) is 53.5 Å². The molecule has 180 valence electrons. The number of carbonyl (C=O) groups excluding carboxylic acids is 1. The van der Waals surface area contributed by atoms with E-state index in [4.69, 9.17) is 9.47 Å². The number of nitrogens with one attached hydrogen (secondary N) is 1. The number of amides is 1. The lowest BCUT2D eigenvalue weighted by Crippen LogP contribution is -2.56. The highest BCUT2D eigenvalue weighted by atomic mass is 16.6. The Bertz CT molecular complexity index is 1080. The number of carbonyl (C=O) groups is 1. The highest BCUT2D eigenvalue weighted by Gasteiger charge is 2.63. The van der Waals surface area contributed by atoms with E-state index in [9.17, 15) is 4.79 Å². The van der Waals surface area contributed by atoms with Crippen molar-refractivity contribution in [1.29, 1.82) is 0 Å². The van der Waals surface area contributed by atoms with E-state index in [0.717, 1.165) is 35.5 Å². The lowest BCUT2D eigenvalue weighted by molar-refractivity contribution is -0.177. The number of fused-ring (bicyclic) bond motifs is 2. The van der Waals surface area contributed by atoms with Crippen LogP contribution in [-0.2, 0) is 20.9 Å². The molecule has 1 spiro atoms. The Kier molecular flexibility index (Phi) is 6.16. The van der Waals surface area contributed by atoms with Gasteiger partial charge in [0.25, 0.3) is 5.91 Å². The molecule has 3 unspecified atom stereocenters. The van der Waals surface area contributed by atoms with Gasteiger partial charge in [-0.2, -0.15) is 0 Å². The average molecular weight is 463 g/mol. The van der Waals surface area contributed by atoms with E-state index in [0.29, 0.717) is 25.5 Å². The molecule has 34 heavy (non-hydrogen) atoms. The first kappa shape index (κ1) is 23.0. The number of aromatic nitrogens is 1. The molecule has 1 aliphatic carbocycles. The summed E-state index contributed by atoms with van der Waals surface area (Å²) in [5.41, 5.74) is 4.43. The number of ether oxygens (including phenoxy) is 2. The topological polar surface area (TPSA) is 76.0 Å². The molecular weight excluding hydrogens is 428 g/mol. The van der Waals surface area contributed by atoms with Crippen LogP contribution in [0.25, 0.3) is 6.08 Å². The zero-order chi connectivity index (χ0) is 23.9. The Morgan fingerprint density at radius 3 is 2.97 bits per heavy atom. The summed E-state index contributed by atoms with van der Waals surface area (Å²) in [6.07, 6.45) is 14.7. The maximum atomic E-state index is 13.5. The molecule has 0 radical (unpaired) electrons.